The topological polar surface area (TPSA) is 68.2 Å². The number of alkyl halides is 3. The highest BCUT2D eigenvalue weighted by Crippen LogP contribution is 2.32. The van der Waals surface area contributed by atoms with Gasteiger partial charge in [0.25, 0.3) is 5.69 Å². The van der Waals surface area contributed by atoms with Crippen molar-refractivity contribution < 1.29 is 22.8 Å². The largest absolute Gasteiger partial charge is 0.573 e. The molecule has 0 fully saturated rings. The van der Waals surface area contributed by atoms with Crippen LogP contribution in [0.5, 0.6) is 5.75 Å². The molecule has 0 saturated carbocycles. The number of non-ortho nitro benzene ring substituents is 1. The van der Waals surface area contributed by atoms with Gasteiger partial charge in [-0.25, -0.2) is 0 Å². The Morgan fingerprint density at radius 1 is 1.09 bits per heavy atom. The molecule has 5 nitrogen and oxygen atoms in total. The fraction of sp³-hybridized carbons (Fsp3) is 0.0667. The molecule has 0 unspecified atom stereocenters. The molecule has 23 heavy (non-hydrogen) atoms. The van der Waals surface area contributed by atoms with Crippen LogP contribution in [0.2, 0.25) is 0 Å². The molecule has 1 N–H and O–H groups in total. The van der Waals surface area contributed by atoms with Crippen LogP contribution in [0.15, 0.2) is 48.5 Å². The molecule has 0 amide bonds. The van der Waals surface area contributed by atoms with Crippen LogP contribution in [0, 0.1) is 10.1 Å². The molecule has 3 rings (SSSR count). The Morgan fingerprint density at radius 2 is 1.83 bits per heavy atom. The zero-order valence-electron chi connectivity index (χ0n) is 11.4. The van der Waals surface area contributed by atoms with Gasteiger partial charge < -0.3 is 9.72 Å². The third kappa shape index (κ3) is 3.10. The lowest BCUT2D eigenvalue weighted by atomic mass is 10.1. The van der Waals surface area contributed by atoms with Gasteiger partial charge in [0, 0.05) is 17.3 Å². The van der Waals surface area contributed by atoms with E-state index in [4.69, 9.17) is 0 Å². The molecule has 1 heterocycles. The molecule has 0 spiro atoms. The zero-order valence-corrected chi connectivity index (χ0v) is 11.4. The van der Waals surface area contributed by atoms with E-state index in [0.717, 1.165) is 0 Å². The van der Waals surface area contributed by atoms with E-state index in [-0.39, 0.29) is 11.4 Å². The number of fused-ring (bicyclic) bond motifs is 1. The number of aromatic nitrogens is 1. The molecule has 2 aromatic carbocycles. The molecule has 0 aliphatic heterocycles. The summed E-state index contributed by atoms with van der Waals surface area (Å²) in [5, 5.41) is 11.4. The van der Waals surface area contributed by atoms with Gasteiger partial charge in [-0.05, 0) is 24.3 Å². The monoisotopic (exact) mass is 322 g/mol. The van der Waals surface area contributed by atoms with Crippen LogP contribution >= 0.6 is 0 Å². The van der Waals surface area contributed by atoms with Crippen molar-refractivity contribution in [3.63, 3.8) is 0 Å². The van der Waals surface area contributed by atoms with E-state index in [9.17, 15) is 23.3 Å². The Bertz CT molecular complexity index is 887. The van der Waals surface area contributed by atoms with Gasteiger partial charge in [0.15, 0.2) is 0 Å². The van der Waals surface area contributed by atoms with Gasteiger partial charge in [0.1, 0.15) is 5.75 Å². The molecule has 0 bridgehead atoms. The Kier molecular flexibility index (Phi) is 3.44. The molecule has 0 saturated heterocycles. The number of nitrogens with zero attached hydrogens (tertiary/aromatic N) is 1. The molecular weight excluding hydrogens is 313 g/mol. The van der Waals surface area contributed by atoms with Crippen LogP contribution in [0.1, 0.15) is 0 Å². The lowest BCUT2D eigenvalue weighted by Crippen LogP contribution is -2.17. The number of halogens is 3. The average molecular weight is 322 g/mol. The summed E-state index contributed by atoms with van der Waals surface area (Å²) < 4.78 is 40.7. The Balaban J connectivity index is 2.05. The normalized spacial score (nSPS) is 11.6. The van der Waals surface area contributed by atoms with Gasteiger partial charge in [-0.2, -0.15) is 0 Å². The van der Waals surface area contributed by atoms with Crippen molar-refractivity contribution >= 4 is 16.6 Å². The van der Waals surface area contributed by atoms with Crippen molar-refractivity contribution in [2.45, 2.75) is 6.36 Å². The van der Waals surface area contributed by atoms with E-state index in [2.05, 4.69) is 9.72 Å². The standard InChI is InChI=1S/C15H9F3N2O3/c16-15(17,18)23-10-4-1-3-9(7-10)13-8-11-12(19-13)5-2-6-14(11)20(21)22/h1-8,19H. The first kappa shape index (κ1) is 14.9. The number of nitro benzene ring substituents is 1. The highest BCUT2D eigenvalue weighted by molar-refractivity contribution is 5.93. The molecular formula is C15H9F3N2O3. The van der Waals surface area contributed by atoms with E-state index >= 15 is 0 Å². The van der Waals surface area contributed by atoms with Crippen LogP contribution in [-0.4, -0.2) is 16.3 Å². The third-order valence-corrected chi connectivity index (χ3v) is 3.22. The summed E-state index contributed by atoms with van der Waals surface area (Å²) >= 11 is 0. The highest BCUT2D eigenvalue weighted by Gasteiger charge is 2.31. The van der Waals surface area contributed by atoms with E-state index in [0.29, 0.717) is 22.2 Å². The number of nitro groups is 1. The van der Waals surface area contributed by atoms with Crippen molar-refractivity contribution in [2.24, 2.45) is 0 Å². The molecule has 0 aliphatic carbocycles. The highest BCUT2D eigenvalue weighted by atomic mass is 19.4. The first-order chi connectivity index (χ1) is 10.8. The van der Waals surface area contributed by atoms with Crippen molar-refractivity contribution in [1.29, 1.82) is 0 Å². The number of ether oxygens (including phenoxy) is 1. The van der Waals surface area contributed by atoms with Crippen LogP contribution < -0.4 is 4.74 Å². The molecule has 1 aromatic heterocycles. The van der Waals surface area contributed by atoms with E-state index < -0.39 is 11.3 Å². The van der Waals surface area contributed by atoms with E-state index in [1.54, 1.807) is 12.1 Å². The Morgan fingerprint density at radius 3 is 2.52 bits per heavy atom. The fourth-order valence-electron chi connectivity index (χ4n) is 2.31. The molecule has 0 radical (unpaired) electrons. The van der Waals surface area contributed by atoms with Gasteiger partial charge in [0.05, 0.1) is 15.8 Å². The molecule has 3 aromatic rings. The summed E-state index contributed by atoms with van der Waals surface area (Å²) in [5.74, 6) is -0.358. The number of H-pyrrole nitrogens is 1. The fourth-order valence-corrected chi connectivity index (χ4v) is 2.31. The number of aromatic amines is 1. The van der Waals surface area contributed by atoms with Gasteiger partial charge >= 0.3 is 6.36 Å². The predicted molar refractivity (Wildman–Crippen MR) is 77.1 cm³/mol. The summed E-state index contributed by atoms with van der Waals surface area (Å²) in [4.78, 5) is 13.5. The van der Waals surface area contributed by atoms with Gasteiger partial charge in [0.2, 0.25) is 0 Å². The summed E-state index contributed by atoms with van der Waals surface area (Å²) in [6.07, 6.45) is -4.78. The molecule has 0 aliphatic rings. The zero-order chi connectivity index (χ0) is 16.6. The van der Waals surface area contributed by atoms with Crippen LogP contribution in [0.25, 0.3) is 22.2 Å². The van der Waals surface area contributed by atoms with E-state index in [1.165, 1.54) is 36.4 Å². The van der Waals surface area contributed by atoms with Gasteiger partial charge in [-0.1, -0.05) is 18.2 Å². The minimum Gasteiger partial charge on any atom is -0.406 e. The lowest BCUT2D eigenvalue weighted by Gasteiger charge is -2.09. The third-order valence-electron chi connectivity index (χ3n) is 3.22. The Hall–Kier alpha value is -3.03. The number of rotatable bonds is 3. The van der Waals surface area contributed by atoms with Crippen LogP contribution in [0.4, 0.5) is 18.9 Å². The first-order valence-corrected chi connectivity index (χ1v) is 6.46. The molecule has 0 atom stereocenters. The maximum Gasteiger partial charge on any atom is 0.573 e. The molecule has 118 valence electrons. The minimum atomic E-state index is -4.78. The molecule has 8 heteroatoms. The smallest absolute Gasteiger partial charge is 0.406 e. The van der Waals surface area contributed by atoms with Gasteiger partial charge in [-0.3, -0.25) is 10.1 Å². The maximum atomic E-state index is 12.3. The van der Waals surface area contributed by atoms with Crippen LogP contribution in [0.3, 0.4) is 0 Å². The number of hydrogen-bond acceptors (Lipinski definition) is 3. The second-order valence-corrected chi connectivity index (χ2v) is 4.75. The number of nitrogens with one attached hydrogen (secondary N) is 1. The second-order valence-electron chi connectivity index (χ2n) is 4.75. The minimum absolute atomic E-state index is 0.0762. The SMILES string of the molecule is O=[N+]([O-])c1cccc2[nH]c(-c3cccc(OC(F)(F)F)c3)cc12. The van der Waals surface area contributed by atoms with Crippen LogP contribution in [-0.2, 0) is 0 Å². The van der Waals surface area contributed by atoms with Crippen molar-refractivity contribution in [3.8, 4) is 17.0 Å². The number of hydrogen-bond donors (Lipinski definition) is 1. The second kappa shape index (κ2) is 5.31. The van der Waals surface area contributed by atoms with Crippen molar-refractivity contribution in [3.05, 3.63) is 58.6 Å². The maximum absolute atomic E-state index is 12.3. The van der Waals surface area contributed by atoms with E-state index in [1.807, 2.05) is 0 Å². The summed E-state index contributed by atoms with van der Waals surface area (Å²) in [6.45, 7) is 0. The van der Waals surface area contributed by atoms with Crippen molar-refractivity contribution in [2.75, 3.05) is 0 Å². The predicted octanol–water partition coefficient (Wildman–Crippen LogP) is 4.64. The average Bonchev–Trinajstić information content (AvgIpc) is 2.89. The summed E-state index contributed by atoms with van der Waals surface area (Å²) in [5.41, 5.74) is 1.34. The Labute approximate surface area is 127 Å². The first-order valence-electron chi connectivity index (χ1n) is 6.46. The van der Waals surface area contributed by atoms with Crippen molar-refractivity contribution in [1.82, 2.24) is 4.98 Å². The van der Waals surface area contributed by atoms with Gasteiger partial charge in [-0.15, -0.1) is 13.2 Å². The number of benzene rings is 2. The quantitative estimate of drug-likeness (QED) is 0.564. The lowest BCUT2D eigenvalue weighted by molar-refractivity contribution is -0.383. The summed E-state index contributed by atoms with van der Waals surface area (Å²) in [6, 6.07) is 11.5. The summed E-state index contributed by atoms with van der Waals surface area (Å²) in [7, 11) is 0.